The lowest BCUT2D eigenvalue weighted by Crippen LogP contribution is -2.38. The molecule has 4 rings (SSSR count). The normalized spacial score (nSPS) is 16.3. The number of hydrogen-bond donors (Lipinski definition) is 2. The average molecular weight is 473 g/mol. The SMILES string of the molecule is O=C(Nc1ccc(-c2nnc(C3CCCN(C(=O)O)C3)o2)cn1)c1cccc(Br)n1. The first-order chi connectivity index (χ1) is 14.5. The molecule has 0 saturated carbocycles. The molecule has 3 aromatic rings. The number of halogens is 1. The van der Waals surface area contributed by atoms with Crippen molar-refractivity contribution < 1.29 is 19.1 Å². The largest absolute Gasteiger partial charge is 0.465 e. The van der Waals surface area contributed by atoms with Gasteiger partial charge in [-0.25, -0.2) is 14.8 Å². The maximum atomic E-state index is 12.3. The number of amides is 2. The van der Waals surface area contributed by atoms with E-state index in [1.54, 1.807) is 30.3 Å². The van der Waals surface area contributed by atoms with Gasteiger partial charge in [-0.2, -0.15) is 0 Å². The topological polar surface area (TPSA) is 134 Å². The smallest absolute Gasteiger partial charge is 0.407 e. The molecule has 0 aromatic carbocycles. The third kappa shape index (κ3) is 4.46. The van der Waals surface area contributed by atoms with Crippen molar-refractivity contribution in [2.75, 3.05) is 18.4 Å². The number of nitrogens with one attached hydrogen (secondary N) is 1. The molecule has 0 bridgehead atoms. The van der Waals surface area contributed by atoms with E-state index in [2.05, 4.69) is 41.4 Å². The number of piperidine rings is 1. The summed E-state index contributed by atoms with van der Waals surface area (Å²) in [6.07, 6.45) is 2.11. The van der Waals surface area contributed by atoms with Crippen molar-refractivity contribution in [1.82, 2.24) is 25.1 Å². The van der Waals surface area contributed by atoms with Gasteiger partial charge in [0.1, 0.15) is 16.1 Å². The molecule has 1 saturated heterocycles. The van der Waals surface area contributed by atoms with Gasteiger partial charge >= 0.3 is 6.09 Å². The van der Waals surface area contributed by atoms with Gasteiger partial charge in [0, 0.05) is 19.3 Å². The minimum Gasteiger partial charge on any atom is -0.465 e. The monoisotopic (exact) mass is 472 g/mol. The molecule has 1 unspecified atom stereocenters. The fourth-order valence-corrected chi connectivity index (χ4v) is 3.52. The van der Waals surface area contributed by atoms with Crippen LogP contribution in [0, 0.1) is 0 Å². The van der Waals surface area contributed by atoms with Crippen LogP contribution in [0.4, 0.5) is 10.6 Å². The van der Waals surface area contributed by atoms with Gasteiger partial charge in [-0.3, -0.25) is 4.79 Å². The predicted molar refractivity (Wildman–Crippen MR) is 109 cm³/mol. The quantitative estimate of drug-likeness (QED) is 0.551. The zero-order valence-corrected chi connectivity index (χ0v) is 17.2. The Morgan fingerprint density at radius 3 is 2.83 bits per heavy atom. The van der Waals surface area contributed by atoms with E-state index >= 15 is 0 Å². The van der Waals surface area contributed by atoms with Crippen molar-refractivity contribution >= 4 is 33.7 Å². The minimum atomic E-state index is -0.945. The number of carboxylic acid groups (broad SMARTS) is 1. The lowest BCUT2D eigenvalue weighted by Gasteiger charge is -2.28. The van der Waals surface area contributed by atoms with Crippen LogP contribution in [-0.4, -0.2) is 55.3 Å². The summed E-state index contributed by atoms with van der Waals surface area (Å²) in [5.41, 5.74) is 0.859. The highest BCUT2D eigenvalue weighted by Crippen LogP contribution is 2.28. The molecule has 0 spiro atoms. The van der Waals surface area contributed by atoms with Crippen LogP contribution >= 0.6 is 15.9 Å². The summed E-state index contributed by atoms with van der Waals surface area (Å²) in [4.78, 5) is 33.1. The molecular weight excluding hydrogens is 456 g/mol. The first-order valence-corrected chi connectivity index (χ1v) is 10.0. The molecule has 1 fully saturated rings. The summed E-state index contributed by atoms with van der Waals surface area (Å²) in [7, 11) is 0. The van der Waals surface area contributed by atoms with Gasteiger partial charge in [0.2, 0.25) is 11.8 Å². The van der Waals surface area contributed by atoms with E-state index in [0.717, 1.165) is 12.8 Å². The van der Waals surface area contributed by atoms with Crippen molar-refractivity contribution in [1.29, 1.82) is 0 Å². The van der Waals surface area contributed by atoms with Crippen molar-refractivity contribution in [3.63, 3.8) is 0 Å². The van der Waals surface area contributed by atoms with E-state index in [0.29, 0.717) is 35.0 Å². The lowest BCUT2D eigenvalue weighted by atomic mass is 9.98. The highest BCUT2D eigenvalue weighted by molar-refractivity contribution is 9.10. The van der Waals surface area contributed by atoms with Crippen LogP contribution < -0.4 is 5.32 Å². The van der Waals surface area contributed by atoms with Gasteiger partial charge in [0.05, 0.1) is 11.5 Å². The molecule has 4 heterocycles. The summed E-state index contributed by atoms with van der Waals surface area (Å²) in [5.74, 6) is 0.553. The van der Waals surface area contributed by atoms with E-state index in [4.69, 9.17) is 4.42 Å². The number of anilines is 1. The molecule has 10 nitrogen and oxygen atoms in total. The highest BCUT2D eigenvalue weighted by atomic mass is 79.9. The van der Waals surface area contributed by atoms with Crippen LogP contribution in [-0.2, 0) is 0 Å². The number of carbonyl (C=O) groups is 2. The van der Waals surface area contributed by atoms with Gasteiger partial charge in [0.25, 0.3) is 5.91 Å². The van der Waals surface area contributed by atoms with Crippen LogP contribution in [0.15, 0.2) is 45.5 Å². The minimum absolute atomic E-state index is 0.125. The van der Waals surface area contributed by atoms with Crippen LogP contribution in [0.25, 0.3) is 11.5 Å². The Bertz CT molecular complexity index is 1070. The van der Waals surface area contributed by atoms with Gasteiger partial charge in [-0.1, -0.05) is 6.07 Å². The van der Waals surface area contributed by atoms with Crippen LogP contribution in [0.3, 0.4) is 0 Å². The standard InChI is InChI=1S/C19H17BrN6O4/c20-14-5-1-4-13(22-14)16(27)23-15-7-6-11(9-21-15)17-24-25-18(30-17)12-3-2-8-26(10-12)19(28)29/h1,4-7,9,12H,2-3,8,10H2,(H,28,29)(H,21,23,27). The second-order valence-electron chi connectivity index (χ2n) is 6.74. The fourth-order valence-electron chi connectivity index (χ4n) is 3.18. The Labute approximate surface area is 179 Å². The third-order valence-corrected chi connectivity index (χ3v) is 5.12. The zero-order valence-electron chi connectivity index (χ0n) is 15.7. The number of aromatic nitrogens is 4. The fraction of sp³-hybridized carbons (Fsp3) is 0.263. The summed E-state index contributed by atoms with van der Waals surface area (Å²) >= 11 is 3.23. The summed E-state index contributed by atoms with van der Waals surface area (Å²) < 4.78 is 6.32. The van der Waals surface area contributed by atoms with Gasteiger partial charge in [-0.05, 0) is 53.0 Å². The Kier molecular flexibility index (Phi) is 5.70. The number of carbonyl (C=O) groups excluding carboxylic acids is 1. The first-order valence-electron chi connectivity index (χ1n) is 9.21. The van der Waals surface area contributed by atoms with E-state index in [-0.39, 0.29) is 23.4 Å². The summed E-state index contributed by atoms with van der Waals surface area (Å²) in [6.45, 7) is 0.850. The molecule has 11 heteroatoms. The molecule has 154 valence electrons. The molecular formula is C19H17BrN6O4. The number of rotatable bonds is 4. The maximum Gasteiger partial charge on any atom is 0.407 e. The second kappa shape index (κ2) is 8.57. The molecule has 1 atom stereocenters. The third-order valence-electron chi connectivity index (χ3n) is 4.68. The Morgan fingerprint density at radius 1 is 1.23 bits per heavy atom. The molecule has 1 aliphatic heterocycles. The van der Waals surface area contributed by atoms with Crippen LogP contribution in [0.1, 0.15) is 35.1 Å². The molecule has 2 amide bonds. The molecule has 0 aliphatic carbocycles. The first kappa shape index (κ1) is 20.0. The highest BCUT2D eigenvalue weighted by Gasteiger charge is 2.28. The predicted octanol–water partition coefficient (Wildman–Crippen LogP) is 3.40. The molecule has 0 radical (unpaired) electrons. The van der Waals surface area contributed by atoms with Gasteiger partial charge < -0.3 is 19.7 Å². The van der Waals surface area contributed by atoms with Crippen LogP contribution in [0.5, 0.6) is 0 Å². The van der Waals surface area contributed by atoms with Gasteiger partial charge in [-0.15, -0.1) is 10.2 Å². The van der Waals surface area contributed by atoms with Crippen LogP contribution in [0.2, 0.25) is 0 Å². The molecule has 1 aliphatic rings. The maximum absolute atomic E-state index is 12.3. The zero-order chi connectivity index (χ0) is 21.1. The summed E-state index contributed by atoms with van der Waals surface area (Å²) in [6, 6.07) is 8.39. The average Bonchev–Trinajstić information content (AvgIpc) is 3.25. The molecule has 30 heavy (non-hydrogen) atoms. The van der Waals surface area contributed by atoms with E-state index < -0.39 is 6.09 Å². The van der Waals surface area contributed by atoms with E-state index in [9.17, 15) is 14.7 Å². The molecule has 2 N–H and O–H groups in total. The number of hydrogen-bond acceptors (Lipinski definition) is 7. The number of likely N-dealkylation sites (tertiary alicyclic amines) is 1. The van der Waals surface area contributed by atoms with Crippen molar-refractivity contribution in [3.05, 3.63) is 52.7 Å². The van der Waals surface area contributed by atoms with E-state index in [1.165, 1.54) is 11.1 Å². The van der Waals surface area contributed by atoms with Crippen molar-refractivity contribution in [2.45, 2.75) is 18.8 Å². The van der Waals surface area contributed by atoms with Crippen molar-refractivity contribution in [3.8, 4) is 11.5 Å². The van der Waals surface area contributed by atoms with Gasteiger partial charge in [0.15, 0.2) is 0 Å². The number of nitrogens with zero attached hydrogens (tertiary/aromatic N) is 5. The molecule has 3 aromatic heterocycles. The number of pyridine rings is 2. The lowest BCUT2D eigenvalue weighted by molar-refractivity contribution is 0.102. The Hall–Kier alpha value is -3.34. The van der Waals surface area contributed by atoms with E-state index in [1.807, 2.05) is 0 Å². The summed E-state index contributed by atoms with van der Waals surface area (Å²) in [5, 5.41) is 20.0. The Morgan fingerprint density at radius 2 is 2.10 bits per heavy atom. The van der Waals surface area contributed by atoms with Crippen molar-refractivity contribution in [2.24, 2.45) is 0 Å². The second-order valence-corrected chi connectivity index (χ2v) is 7.56. The Balaban J connectivity index is 1.43.